The van der Waals surface area contributed by atoms with Crippen LogP contribution in [0.15, 0.2) is 65.1 Å². The lowest BCUT2D eigenvalue weighted by molar-refractivity contribution is -0.130. The molecule has 3 heterocycles. The summed E-state index contributed by atoms with van der Waals surface area (Å²) in [6, 6.07) is 19.0. The summed E-state index contributed by atoms with van der Waals surface area (Å²) in [6.07, 6.45) is -0.686. The molecule has 0 bridgehead atoms. The van der Waals surface area contributed by atoms with E-state index in [0.717, 1.165) is 15.2 Å². The van der Waals surface area contributed by atoms with Gasteiger partial charge < -0.3 is 19.2 Å². The van der Waals surface area contributed by atoms with Crippen molar-refractivity contribution in [2.75, 3.05) is 6.61 Å². The van der Waals surface area contributed by atoms with E-state index in [4.69, 9.17) is 13.9 Å². The number of carbonyl (C=O) groups excluding carboxylic acids is 1. The van der Waals surface area contributed by atoms with Crippen LogP contribution in [-0.4, -0.2) is 23.6 Å². The number of aromatic nitrogens is 1. The smallest absolute Gasteiger partial charge is 0.265 e. The lowest BCUT2D eigenvalue weighted by Gasteiger charge is -2.25. The van der Waals surface area contributed by atoms with Crippen LogP contribution >= 0.6 is 11.3 Å². The molecule has 2 aromatic carbocycles. The molecule has 28 heavy (non-hydrogen) atoms. The van der Waals surface area contributed by atoms with Crippen LogP contribution in [0.3, 0.4) is 0 Å². The molecular weight excluding hydrogens is 376 g/mol. The average molecular weight is 392 g/mol. The first-order valence-corrected chi connectivity index (χ1v) is 9.69. The molecule has 0 saturated carbocycles. The summed E-state index contributed by atoms with van der Waals surface area (Å²) in [5, 5.41) is 3.66. The molecule has 1 aliphatic heterocycles. The molecule has 1 aliphatic rings. The van der Waals surface area contributed by atoms with Gasteiger partial charge in [-0.2, -0.15) is 0 Å². The third kappa shape index (κ3) is 3.20. The molecule has 5 rings (SSSR count). The molecule has 7 heteroatoms. The van der Waals surface area contributed by atoms with Crippen molar-refractivity contribution < 1.29 is 18.7 Å². The normalized spacial score (nSPS) is 15.5. The minimum Gasteiger partial charge on any atom is -0.485 e. The highest BCUT2D eigenvalue weighted by Gasteiger charge is 2.27. The Kier molecular flexibility index (Phi) is 4.21. The monoisotopic (exact) mass is 392 g/mol. The van der Waals surface area contributed by atoms with Gasteiger partial charge >= 0.3 is 0 Å². The summed E-state index contributed by atoms with van der Waals surface area (Å²) in [5.74, 6) is 2.33. The van der Waals surface area contributed by atoms with E-state index >= 15 is 0 Å². The summed E-state index contributed by atoms with van der Waals surface area (Å²) >= 11 is 1.58. The van der Waals surface area contributed by atoms with Gasteiger partial charge in [0.15, 0.2) is 22.3 Å². The average Bonchev–Trinajstić information content (AvgIpc) is 3.38. The predicted molar refractivity (Wildman–Crippen MR) is 106 cm³/mol. The predicted octanol–water partition coefficient (Wildman–Crippen LogP) is 4.01. The molecule has 1 N–H and O–H groups in total. The SMILES string of the molecule is O=C(NCc1ccc(-c2nc3ccccc3s2)o1)C1COc2ccccc2O1. The number of nitrogens with one attached hydrogen (secondary N) is 1. The number of ether oxygens (including phenoxy) is 2. The van der Waals surface area contributed by atoms with Crippen molar-refractivity contribution in [1.29, 1.82) is 0 Å². The van der Waals surface area contributed by atoms with Gasteiger partial charge in [-0.05, 0) is 36.4 Å². The molecule has 1 amide bonds. The fraction of sp³-hybridized carbons (Fsp3) is 0.143. The van der Waals surface area contributed by atoms with Crippen LogP contribution < -0.4 is 14.8 Å². The van der Waals surface area contributed by atoms with Gasteiger partial charge in [0.2, 0.25) is 6.10 Å². The zero-order valence-corrected chi connectivity index (χ0v) is 15.6. The second-order valence-electron chi connectivity index (χ2n) is 6.33. The molecule has 0 aliphatic carbocycles. The maximum Gasteiger partial charge on any atom is 0.265 e. The number of nitrogens with zero attached hydrogens (tertiary/aromatic N) is 1. The number of furan rings is 1. The Morgan fingerprint density at radius 2 is 1.89 bits per heavy atom. The van der Waals surface area contributed by atoms with Crippen LogP contribution in [0.2, 0.25) is 0 Å². The number of thiazole rings is 1. The Morgan fingerprint density at radius 3 is 2.79 bits per heavy atom. The van der Waals surface area contributed by atoms with E-state index in [1.807, 2.05) is 54.6 Å². The topological polar surface area (TPSA) is 73.6 Å². The number of hydrogen-bond acceptors (Lipinski definition) is 6. The lowest BCUT2D eigenvalue weighted by atomic mass is 10.2. The van der Waals surface area contributed by atoms with Gasteiger partial charge in [0.1, 0.15) is 12.4 Å². The molecule has 1 unspecified atom stereocenters. The summed E-state index contributed by atoms with van der Waals surface area (Å²) in [7, 11) is 0. The lowest BCUT2D eigenvalue weighted by Crippen LogP contribution is -2.43. The molecule has 140 valence electrons. The maximum atomic E-state index is 12.4. The van der Waals surface area contributed by atoms with Crippen LogP contribution in [0.5, 0.6) is 11.5 Å². The quantitative estimate of drug-likeness (QED) is 0.568. The highest BCUT2D eigenvalue weighted by molar-refractivity contribution is 7.21. The molecular formula is C21H16N2O4S. The first kappa shape index (κ1) is 16.8. The Bertz CT molecular complexity index is 1120. The third-order valence-electron chi connectivity index (χ3n) is 4.40. The van der Waals surface area contributed by atoms with Crippen molar-refractivity contribution in [1.82, 2.24) is 10.3 Å². The summed E-state index contributed by atoms with van der Waals surface area (Å²) in [4.78, 5) is 17.0. The number of para-hydroxylation sites is 3. The van der Waals surface area contributed by atoms with Crippen molar-refractivity contribution in [3.8, 4) is 22.3 Å². The first-order chi connectivity index (χ1) is 13.8. The molecule has 0 fully saturated rings. The van der Waals surface area contributed by atoms with E-state index in [1.54, 1.807) is 17.4 Å². The first-order valence-electron chi connectivity index (χ1n) is 8.87. The molecule has 0 saturated heterocycles. The van der Waals surface area contributed by atoms with E-state index in [0.29, 0.717) is 23.0 Å². The zero-order valence-electron chi connectivity index (χ0n) is 14.8. The second-order valence-corrected chi connectivity index (χ2v) is 7.37. The Morgan fingerprint density at radius 1 is 1.07 bits per heavy atom. The van der Waals surface area contributed by atoms with Gasteiger partial charge in [0, 0.05) is 0 Å². The largest absolute Gasteiger partial charge is 0.485 e. The standard InChI is InChI=1S/C21H16N2O4S/c24-20(18-12-25-15-6-2-3-7-16(15)27-18)22-11-13-9-10-17(26-13)21-23-14-5-1-4-8-19(14)28-21/h1-10,18H,11-12H2,(H,22,24). The van der Waals surface area contributed by atoms with Gasteiger partial charge in [-0.3, -0.25) is 4.79 Å². The van der Waals surface area contributed by atoms with Crippen LogP contribution in [0.25, 0.3) is 21.0 Å². The Labute approximate surface area is 164 Å². The zero-order chi connectivity index (χ0) is 18.9. The summed E-state index contributed by atoms with van der Waals surface area (Å²) in [5.41, 5.74) is 0.948. The van der Waals surface area contributed by atoms with Gasteiger partial charge in [0.05, 0.1) is 16.8 Å². The number of fused-ring (bicyclic) bond motifs is 2. The van der Waals surface area contributed by atoms with Crippen LogP contribution in [0.4, 0.5) is 0 Å². The van der Waals surface area contributed by atoms with Gasteiger partial charge in [-0.15, -0.1) is 11.3 Å². The molecule has 0 spiro atoms. The number of rotatable bonds is 4. The van der Waals surface area contributed by atoms with Crippen LogP contribution in [-0.2, 0) is 11.3 Å². The molecule has 2 aromatic heterocycles. The third-order valence-corrected chi connectivity index (χ3v) is 5.46. The number of benzene rings is 2. The van der Waals surface area contributed by atoms with Crippen molar-refractivity contribution >= 4 is 27.5 Å². The van der Waals surface area contributed by atoms with Crippen molar-refractivity contribution in [2.45, 2.75) is 12.6 Å². The minimum absolute atomic E-state index is 0.179. The maximum absolute atomic E-state index is 12.4. The molecule has 0 radical (unpaired) electrons. The van der Waals surface area contributed by atoms with Gasteiger partial charge in [0.25, 0.3) is 5.91 Å². The molecule has 6 nitrogen and oxygen atoms in total. The Balaban J connectivity index is 1.23. The van der Waals surface area contributed by atoms with E-state index in [1.165, 1.54) is 0 Å². The summed E-state index contributed by atoms with van der Waals surface area (Å²) in [6.45, 7) is 0.448. The van der Waals surface area contributed by atoms with Gasteiger partial charge in [-0.25, -0.2) is 4.98 Å². The van der Waals surface area contributed by atoms with Crippen molar-refractivity contribution in [3.63, 3.8) is 0 Å². The van der Waals surface area contributed by atoms with E-state index < -0.39 is 6.10 Å². The molecule has 1 atom stereocenters. The highest BCUT2D eigenvalue weighted by Crippen LogP contribution is 2.32. The van der Waals surface area contributed by atoms with E-state index in [9.17, 15) is 4.79 Å². The minimum atomic E-state index is -0.686. The Hall–Kier alpha value is -3.32. The number of carbonyl (C=O) groups is 1. The fourth-order valence-electron chi connectivity index (χ4n) is 3.00. The van der Waals surface area contributed by atoms with E-state index in [2.05, 4.69) is 10.3 Å². The molecule has 4 aromatic rings. The highest BCUT2D eigenvalue weighted by atomic mass is 32.1. The van der Waals surface area contributed by atoms with Crippen LogP contribution in [0, 0.1) is 0 Å². The van der Waals surface area contributed by atoms with Crippen LogP contribution in [0.1, 0.15) is 5.76 Å². The fourth-order valence-corrected chi connectivity index (χ4v) is 3.93. The van der Waals surface area contributed by atoms with E-state index in [-0.39, 0.29) is 19.1 Å². The number of hydrogen-bond donors (Lipinski definition) is 1. The van der Waals surface area contributed by atoms with Gasteiger partial charge in [-0.1, -0.05) is 24.3 Å². The number of amides is 1. The second kappa shape index (κ2) is 7.01. The van der Waals surface area contributed by atoms with Crippen molar-refractivity contribution in [2.24, 2.45) is 0 Å². The summed E-state index contributed by atoms with van der Waals surface area (Å²) < 4.78 is 18.3. The van der Waals surface area contributed by atoms with Crippen molar-refractivity contribution in [3.05, 3.63) is 66.4 Å².